The van der Waals surface area contributed by atoms with Crippen molar-refractivity contribution in [2.24, 2.45) is 15.8 Å². The molecule has 0 unspecified atom stereocenters. The summed E-state index contributed by atoms with van der Waals surface area (Å²) in [5, 5.41) is 9.56. The van der Waals surface area contributed by atoms with E-state index in [2.05, 4.69) is 29.8 Å². The maximum Gasteiger partial charge on any atom is 0.225 e. The van der Waals surface area contributed by atoms with E-state index in [-0.39, 0.29) is 11.3 Å². The van der Waals surface area contributed by atoms with E-state index < -0.39 is 0 Å². The molecule has 0 aliphatic heterocycles. The van der Waals surface area contributed by atoms with Gasteiger partial charge in [0.05, 0.1) is 0 Å². The molecule has 1 aliphatic rings. The summed E-state index contributed by atoms with van der Waals surface area (Å²) in [4.78, 5) is 16.6. The lowest BCUT2D eigenvalue weighted by atomic mass is 9.84. The average Bonchev–Trinajstić information content (AvgIpc) is 2.97. The average molecular weight is 325 g/mol. The minimum absolute atomic E-state index is 0.0807. The smallest absolute Gasteiger partial charge is 0.225 e. The highest BCUT2D eigenvalue weighted by Crippen LogP contribution is 2.41. The normalized spacial score (nSPS) is 17.9. The topological polar surface area (TPSA) is 65.5 Å². The van der Waals surface area contributed by atoms with Crippen LogP contribution in [0.3, 0.4) is 0 Å². The van der Waals surface area contributed by atoms with E-state index in [1.165, 1.54) is 32.1 Å². The summed E-state index contributed by atoms with van der Waals surface area (Å²) in [6.45, 7) is 13.2. The first kappa shape index (κ1) is 19.8. The van der Waals surface area contributed by atoms with Crippen molar-refractivity contribution in [3.05, 3.63) is 0 Å². The van der Waals surface area contributed by atoms with Gasteiger partial charge >= 0.3 is 0 Å². The van der Waals surface area contributed by atoms with Crippen LogP contribution < -0.4 is 16.0 Å². The molecule has 0 spiro atoms. The van der Waals surface area contributed by atoms with E-state index in [0.29, 0.717) is 18.5 Å². The maximum absolute atomic E-state index is 11.8. The van der Waals surface area contributed by atoms with E-state index in [9.17, 15) is 4.79 Å². The third-order valence-corrected chi connectivity index (χ3v) is 4.72. The fraction of sp³-hybridized carbons (Fsp3) is 0.889. The van der Waals surface area contributed by atoms with Crippen LogP contribution in [0.4, 0.5) is 0 Å². The molecule has 0 atom stereocenters. The van der Waals surface area contributed by atoms with Crippen molar-refractivity contribution in [1.82, 2.24) is 16.0 Å². The molecule has 0 saturated heterocycles. The van der Waals surface area contributed by atoms with Gasteiger partial charge in [0, 0.05) is 31.6 Å². The number of nitrogens with one attached hydrogen (secondary N) is 3. The van der Waals surface area contributed by atoms with E-state index in [4.69, 9.17) is 4.99 Å². The van der Waals surface area contributed by atoms with Gasteiger partial charge in [-0.05, 0) is 31.6 Å². The Morgan fingerprint density at radius 1 is 1.04 bits per heavy atom. The van der Waals surface area contributed by atoms with Crippen LogP contribution in [-0.4, -0.2) is 38.0 Å². The molecule has 1 amide bonds. The molecule has 5 heteroatoms. The van der Waals surface area contributed by atoms with Gasteiger partial charge in [-0.2, -0.15) is 0 Å². The Morgan fingerprint density at radius 3 is 2.17 bits per heavy atom. The summed E-state index contributed by atoms with van der Waals surface area (Å²) in [7, 11) is 0. The fourth-order valence-corrected chi connectivity index (χ4v) is 2.96. The van der Waals surface area contributed by atoms with Gasteiger partial charge in [0.2, 0.25) is 5.91 Å². The number of nitrogens with zero attached hydrogens (tertiary/aromatic N) is 1. The quantitative estimate of drug-likeness (QED) is 0.383. The summed E-state index contributed by atoms with van der Waals surface area (Å²) < 4.78 is 0. The lowest BCUT2D eigenvalue weighted by Crippen LogP contribution is -2.44. The largest absolute Gasteiger partial charge is 0.357 e. The lowest BCUT2D eigenvalue weighted by Gasteiger charge is -2.25. The summed E-state index contributed by atoms with van der Waals surface area (Å²) in [6, 6.07) is 0. The second-order valence-corrected chi connectivity index (χ2v) is 7.69. The number of hydrogen-bond donors (Lipinski definition) is 3. The number of carbonyl (C=O) groups is 1. The molecule has 3 N–H and O–H groups in total. The van der Waals surface area contributed by atoms with Crippen LogP contribution in [0.25, 0.3) is 0 Å². The van der Waals surface area contributed by atoms with Gasteiger partial charge in [0.25, 0.3) is 0 Å². The molecule has 0 aromatic carbocycles. The zero-order chi connectivity index (χ0) is 17.3. The van der Waals surface area contributed by atoms with Crippen molar-refractivity contribution in [1.29, 1.82) is 0 Å². The first-order valence-corrected chi connectivity index (χ1v) is 9.13. The molecule has 1 aliphatic carbocycles. The highest BCUT2D eigenvalue weighted by atomic mass is 16.2. The van der Waals surface area contributed by atoms with Crippen molar-refractivity contribution >= 4 is 11.9 Å². The second-order valence-electron chi connectivity index (χ2n) is 7.69. The minimum atomic E-state index is -0.339. The van der Waals surface area contributed by atoms with Crippen LogP contribution >= 0.6 is 0 Å². The van der Waals surface area contributed by atoms with Gasteiger partial charge in [0.15, 0.2) is 5.96 Å². The third kappa shape index (κ3) is 6.80. The Balaban J connectivity index is 2.42. The van der Waals surface area contributed by atoms with Gasteiger partial charge in [0.1, 0.15) is 0 Å². The number of aliphatic imine (C=N–C) groups is 1. The van der Waals surface area contributed by atoms with E-state index in [1.54, 1.807) is 0 Å². The van der Waals surface area contributed by atoms with Crippen LogP contribution in [-0.2, 0) is 4.79 Å². The zero-order valence-electron chi connectivity index (χ0n) is 15.7. The van der Waals surface area contributed by atoms with Gasteiger partial charge < -0.3 is 16.0 Å². The summed E-state index contributed by atoms with van der Waals surface area (Å²) in [5.41, 5.74) is 0.0668. The van der Waals surface area contributed by atoms with Crippen LogP contribution in [0.15, 0.2) is 4.99 Å². The number of guanidine groups is 1. The number of hydrogen-bond acceptors (Lipinski definition) is 2. The molecule has 0 bridgehead atoms. The Bertz CT molecular complexity index is 392. The van der Waals surface area contributed by atoms with Crippen LogP contribution in [0.2, 0.25) is 0 Å². The van der Waals surface area contributed by atoms with E-state index in [1.807, 2.05) is 20.8 Å². The zero-order valence-corrected chi connectivity index (χ0v) is 15.7. The van der Waals surface area contributed by atoms with E-state index in [0.717, 1.165) is 19.0 Å². The molecule has 1 rings (SSSR count). The van der Waals surface area contributed by atoms with Gasteiger partial charge in [-0.1, -0.05) is 40.5 Å². The summed E-state index contributed by atoms with van der Waals surface area (Å²) >= 11 is 0. The molecule has 23 heavy (non-hydrogen) atoms. The molecule has 1 saturated carbocycles. The van der Waals surface area contributed by atoms with Gasteiger partial charge in [-0.15, -0.1) is 0 Å². The highest BCUT2D eigenvalue weighted by Gasteiger charge is 2.31. The van der Waals surface area contributed by atoms with Crippen molar-refractivity contribution in [2.45, 2.75) is 66.7 Å². The number of rotatable bonds is 7. The Kier molecular flexibility index (Phi) is 7.86. The molecular weight excluding hydrogens is 288 g/mol. The minimum Gasteiger partial charge on any atom is -0.357 e. The second kappa shape index (κ2) is 9.14. The number of amides is 1. The molecule has 1 fully saturated rings. The molecule has 0 heterocycles. The van der Waals surface area contributed by atoms with Gasteiger partial charge in [-0.3, -0.25) is 9.79 Å². The molecule has 5 nitrogen and oxygen atoms in total. The lowest BCUT2D eigenvalue weighted by molar-refractivity contribution is -0.128. The Labute approximate surface area is 142 Å². The monoisotopic (exact) mass is 324 g/mol. The molecule has 0 aromatic heterocycles. The standard InChI is InChI=1S/C18H36N4O/c1-6-18(10-8-9-11-18)14-22-16(19-7-2)21-13-12-20-15(23)17(3,4)5/h6-14H2,1-5H3,(H,20,23)(H2,19,21,22). The maximum atomic E-state index is 11.8. The Morgan fingerprint density at radius 2 is 1.65 bits per heavy atom. The molecule has 0 aromatic rings. The number of carbonyl (C=O) groups excluding carboxylic acids is 1. The van der Waals surface area contributed by atoms with E-state index >= 15 is 0 Å². The van der Waals surface area contributed by atoms with Crippen LogP contribution in [0.1, 0.15) is 66.7 Å². The SMILES string of the molecule is CCNC(=NCC1(CC)CCCC1)NCCNC(=O)C(C)(C)C. The first-order chi connectivity index (χ1) is 10.8. The highest BCUT2D eigenvalue weighted by molar-refractivity contribution is 5.81. The summed E-state index contributed by atoms with van der Waals surface area (Å²) in [5.74, 6) is 0.939. The Hall–Kier alpha value is -1.26. The molecule has 134 valence electrons. The first-order valence-electron chi connectivity index (χ1n) is 9.13. The van der Waals surface area contributed by atoms with Crippen molar-refractivity contribution < 1.29 is 4.79 Å². The molecular formula is C18H36N4O. The van der Waals surface area contributed by atoms with Crippen LogP contribution in [0, 0.1) is 10.8 Å². The van der Waals surface area contributed by atoms with Crippen LogP contribution in [0.5, 0.6) is 0 Å². The van der Waals surface area contributed by atoms with Crippen molar-refractivity contribution in [3.8, 4) is 0 Å². The fourth-order valence-electron chi connectivity index (χ4n) is 2.96. The summed E-state index contributed by atoms with van der Waals surface area (Å²) in [6.07, 6.45) is 6.48. The van der Waals surface area contributed by atoms with Crippen molar-refractivity contribution in [2.75, 3.05) is 26.2 Å². The van der Waals surface area contributed by atoms with Crippen molar-refractivity contribution in [3.63, 3.8) is 0 Å². The third-order valence-electron chi connectivity index (χ3n) is 4.72. The predicted octanol–water partition coefficient (Wildman–Crippen LogP) is 2.67. The molecule has 0 radical (unpaired) electrons. The van der Waals surface area contributed by atoms with Gasteiger partial charge in [-0.25, -0.2) is 0 Å². The predicted molar refractivity (Wildman–Crippen MR) is 97.6 cm³/mol.